The molecule has 3 nitrogen and oxygen atoms in total. The molecular formula is C14H18N2O. The Bertz CT molecular complexity index is 490. The quantitative estimate of drug-likeness (QED) is 0.875. The predicted octanol–water partition coefficient (Wildman–Crippen LogP) is 2.39. The maximum Gasteiger partial charge on any atom is 0.137 e. The highest BCUT2D eigenvalue weighted by molar-refractivity contribution is 5.25. The molecule has 0 amide bonds. The summed E-state index contributed by atoms with van der Waals surface area (Å²) in [6.45, 7) is 2.10. The summed E-state index contributed by atoms with van der Waals surface area (Å²) >= 11 is 0. The van der Waals surface area contributed by atoms with Crippen molar-refractivity contribution < 1.29 is 5.11 Å². The molecular weight excluding hydrogens is 212 g/mol. The maximum absolute atomic E-state index is 10.1. The summed E-state index contributed by atoms with van der Waals surface area (Å²) < 4.78 is 1.86. The lowest BCUT2D eigenvalue weighted by molar-refractivity contribution is 0.154. The van der Waals surface area contributed by atoms with Crippen molar-refractivity contribution in [2.75, 3.05) is 0 Å². The first-order chi connectivity index (χ1) is 8.18. The topological polar surface area (TPSA) is 38.1 Å². The van der Waals surface area contributed by atoms with Crippen molar-refractivity contribution in [2.45, 2.75) is 25.9 Å². The smallest absolute Gasteiger partial charge is 0.137 e. The van der Waals surface area contributed by atoms with Gasteiger partial charge in [-0.25, -0.2) is 4.98 Å². The summed E-state index contributed by atoms with van der Waals surface area (Å²) in [5, 5.41) is 10.1. The summed E-state index contributed by atoms with van der Waals surface area (Å²) in [7, 11) is 1.90. The molecule has 0 saturated heterocycles. The number of hydrogen-bond acceptors (Lipinski definition) is 2. The van der Waals surface area contributed by atoms with Gasteiger partial charge in [-0.3, -0.25) is 0 Å². The summed E-state index contributed by atoms with van der Waals surface area (Å²) in [5.74, 6) is 0.735. The van der Waals surface area contributed by atoms with Gasteiger partial charge in [-0.2, -0.15) is 0 Å². The Morgan fingerprint density at radius 3 is 2.76 bits per heavy atom. The number of rotatable bonds is 4. The first-order valence-corrected chi connectivity index (χ1v) is 5.88. The minimum atomic E-state index is -0.491. The molecule has 90 valence electrons. The zero-order valence-electron chi connectivity index (χ0n) is 10.3. The van der Waals surface area contributed by atoms with E-state index in [9.17, 15) is 5.11 Å². The van der Waals surface area contributed by atoms with Crippen LogP contribution in [0, 0.1) is 6.92 Å². The zero-order valence-corrected chi connectivity index (χ0v) is 10.3. The molecule has 0 aliphatic heterocycles. The van der Waals surface area contributed by atoms with Crippen LogP contribution < -0.4 is 0 Å². The summed E-state index contributed by atoms with van der Waals surface area (Å²) in [6.07, 6.45) is 4.66. The van der Waals surface area contributed by atoms with Crippen LogP contribution in [0.5, 0.6) is 0 Å². The zero-order chi connectivity index (χ0) is 12.3. The van der Waals surface area contributed by atoms with Crippen molar-refractivity contribution in [2.24, 2.45) is 7.05 Å². The average molecular weight is 230 g/mol. The van der Waals surface area contributed by atoms with Gasteiger partial charge in [-0.1, -0.05) is 24.3 Å². The Kier molecular flexibility index (Phi) is 3.59. The Morgan fingerprint density at radius 2 is 2.12 bits per heavy atom. The van der Waals surface area contributed by atoms with Crippen LogP contribution in [-0.4, -0.2) is 14.7 Å². The van der Waals surface area contributed by atoms with E-state index in [1.54, 1.807) is 6.20 Å². The molecule has 1 aromatic heterocycles. The Labute approximate surface area is 102 Å². The Morgan fingerprint density at radius 1 is 1.35 bits per heavy atom. The maximum atomic E-state index is 10.1. The molecule has 1 heterocycles. The van der Waals surface area contributed by atoms with Crippen molar-refractivity contribution in [1.29, 1.82) is 0 Å². The van der Waals surface area contributed by atoms with E-state index < -0.39 is 6.10 Å². The number of nitrogens with zero attached hydrogens (tertiary/aromatic N) is 2. The third-order valence-corrected chi connectivity index (χ3v) is 3.10. The van der Waals surface area contributed by atoms with Gasteiger partial charge in [0.1, 0.15) is 11.9 Å². The van der Waals surface area contributed by atoms with Crippen LogP contribution >= 0.6 is 0 Å². The molecule has 0 bridgehead atoms. The molecule has 2 rings (SSSR count). The molecule has 1 aromatic carbocycles. The van der Waals surface area contributed by atoms with Crippen molar-refractivity contribution in [3.8, 4) is 0 Å². The standard InChI is InChI=1S/C14H18N2O/c1-11-5-3-4-6-12(11)7-8-13(17)14-15-9-10-16(14)2/h3-6,9-10,13,17H,7-8H2,1-2H3. The van der Waals surface area contributed by atoms with E-state index in [0.717, 1.165) is 12.2 Å². The lowest BCUT2D eigenvalue weighted by Crippen LogP contribution is -2.07. The molecule has 0 aliphatic rings. The van der Waals surface area contributed by atoms with Crippen molar-refractivity contribution >= 4 is 0 Å². The molecule has 17 heavy (non-hydrogen) atoms. The van der Waals surface area contributed by atoms with Crippen LogP contribution in [0.1, 0.15) is 29.5 Å². The van der Waals surface area contributed by atoms with E-state index in [1.165, 1.54) is 11.1 Å². The molecule has 0 fully saturated rings. The third kappa shape index (κ3) is 2.74. The van der Waals surface area contributed by atoms with Crippen LogP contribution in [0.15, 0.2) is 36.7 Å². The molecule has 1 N–H and O–H groups in total. The van der Waals surface area contributed by atoms with E-state index in [1.807, 2.05) is 29.9 Å². The van der Waals surface area contributed by atoms with Gasteiger partial charge >= 0.3 is 0 Å². The number of benzene rings is 1. The highest BCUT2D eigenvalue weighted by Gasteiger charge is 2.12. The van der Waals surface area contributed by atoms with E-state index in [-0.39, 0.29) is 0 Å². The van der Waals surface area contributed by atoms with Gasteiger partial charge < -0.3 is 9.67 Å². The minimum Gasteiger partial charge on any atom is -0.385 e. The fourth-order valence-electron chi connectivity index (χ4n) is 2.01. The summed E-state index contributed by atoms with van der Waals surface area (Å²) in [5.41, 5.74) is 2.57. The SMILES string of the molecule is Cc1ccccc1CCC(O)c1nccn1C. The Hall–Kier alpha value is -1.61. The highest BCUT2D eigenvalue weighted by atomic mass is 16.3. The van der Waals surface area contributed by atoms with E-state index in [4.69, 9.17) is 0 Å². The predicted molar refractivity (Wildman–Crippen MR) is 67.7 cm³/mol. The van der Waals surface area contributed by atoms with Crippen LogP contribution in [0.25, 0.3) is 0 Å². The van der Waals surface area contributed by atoms with Gasteiger partial charge in [0.2, 0.25) is 0 Å². The molecule has 2 aromatic rings. The number of hydrogen-bond donors (Lipinski definition) is 1. The molecule has 1 unspecified atom stereocenters. The van der Waals surface area contributed by atoms with E-state index in [0.29, 0.717) is 6.42 Å². The minimum absolute atomic E-state index is 0.491. The van der Waals surface area contributed by atoms with Crippen LogP contribution in [0.4, 0.5) is 0 Å². The molecule has 0 saturated carbocycles. The van der Waals surface area contributed by atoms with Crippen molar-refractivity contribution in [1.82, 2.24) is 9.55 Å². The van der Waals surface area contributed by atoms with Crippen LogP contribution in [0.2, 0.25) is 0 Å². The second-order valence-corrected chi connectivity index (χ2v) is 4.38. The van der Waals surface area contributed by atoms with Gasteiger partial charge in [0, 0.05) is 19.4 Å². The fraction of sp³-hybridized carbons (Fsp3) is 0.357. The van der Waals surface area contributed by atoms with Gasteiger partial charge in [-0.05, 0) is 30.9 Å². The van der Waals surface area contributed by atoms with Crippen molar-refractivity contribution in [3.63, 3.8) is 0 Å². The Balaban J connectivity index is 2.00. The molecule has 3 heteroatoms. The monoisotopic (exact) mass is 230 g/mol. The van der Waals surface area contributed by atoms with Crippen molar-refractivity contribution in [3.05, 3.63) is 53.6 Å². The van der Waals surface area contributed by atoms with Gasteiger partial charge in [-0.15, -0.1) is 0 Å². The summed E-state index contributed by atoms with van der Waals surface area (Å²) in [6, 6.07) is 8.28. The first-order valence-electron chi connectivity index (χ1n) is 5.88. The number of aromatic nitrogens is 2. The number of aryl methyl sites for hydroxylation is 3. The second kappa shape index (κ2) is 5.15. The lowest BCUT2D eigenvalue weighted by atomic mass is 10.0. The molecule has 0 radical (unpaired) electrons. The fourth-order valence-corrected chi connectivity index (χ4v) is 2.01. The molecule has 0 aliphatic carbocycles. The van der Waals surface area contributed by atoms with Crippen LogP contribution in [-0.2, 0) is 13.5 Å². The van der Waals surface area contributed by atoms with Crippen LogP contribution in [0.3, 0.4) is 0 Å². The van der Waals surface area contributed by atoms with Gasteiger partial charge in [0.05, 0.1) is 0 Å². The summed E-state index contributed by atoms with van der Waals surface area (Å²) in [4.78, 5) is 4.16. The van der Waals surface area contributed by atoms with Gasteiger partial charge in [0.15, 0.2) is 0 Å². The number of aliphatic hydroxyl groups is 1. The first kappa shape index (κ1) is 11.9. The average Bonchev–Trinajstić information content (AvgIpc) is 2.74. The van der Waals surface area contributed by atoms with Gasteiger partial charge in [0.25, 0.3) is 0 Å². The molecule has 0 spiro atoms. The number of aliphatic hydroxyl groups excluding tert-OH is 1. The van der Waals surface area contributed by atoms with E-state index in [2.05, 4.69) is 24.0 Å². The molecule has 1 atom stereocenters. The van der Waals surface area contributed by atoms with E-state index >= 15 is 0 Å². The second-order valence-electron chi connectivity index (χ2n) is 4.38. The third-order valence-electron chi connectivity index (χ3n) is 3.10. The number of imidazole rings is 1. The largest absolute Gasteiger partial charge is 0.385 e. The highest BCUT2D eigenvalue weighted by Crippen LogP contribution is 2.18. The normalized spacial score (nSPS) is 12.6. The lowest BCUT2D eigenvalue weighted by Gasteiger charge is -2.11.